The third-order valence-corrected chi connectivity index (χ3v) is 4.17. The van der Waals surface area contributed by atoms with Crippen molar-refractivity contribution in [2.75, 3.05) is 11.6 Å². The largest absolute Gasteiger partial charge is 0.421 e. The average molecular weight is 339 g/mol. The van der Waals surface area contributed by atoms with Gasteiger partial charge in [-0.3, -0.25) is 4.79 Å². The molecule has 3 rings (SSSR count). The van der Waals surface area contributed by atoms with Crippen molar-refractivity contribution in [3.63, 3.8) is 0 Å². The van der Waals surface area contributed by atoms with E-state index in [0.29, 0.717) is 24.6 Å². The maximum atomic E-state index is 12.0. The molecular formula is C18H17N3O2S. The summed E-state index contributed by atoms with van der Waals surface area (Å²) in [4.78, 5) is 13.2. The van der Waals surface area contributed by atoms with Crippen LogP contribution in [0.4, 0.5) is 5.69 Å². The highest BCUT2D eigenvalue weighted by molar-refractivity contribution is 7.98. The zero-order chi connectivity index (χ0) is 16.8. The fourth-order valence-corrected chi connectivity index (χ4v) is 2.58. The molecule has 1 heterocycles. The smallest absolute Gasteiger partial charge is 0.247 e. The van der Waals surface area contributed by atoms with Crippen LogP contribution in [0.3, 0.4) is 0 Å². The van der Waals surface area contributed by atoms with E-state index in [1.165, 1.54) is 0 Å². The summed E-state index contributed by atoms with van der Waals surface area (Å²) in [6.07, 6.45) is 2.72. The number of hydrogen-bond donors (Lipinski definition) is 1. The molecule has 122 valence electrons. The molecule has 0 atom stereocenters. The molecule has 1 aromatic heterocycles. The quantitative estimate of drug-likeness (QED) is 0.687. The van der Waals surface area contributed by atoms with E-state index in [1.807, 2.05) is 60.9 Å². The van der Waals surface area contributed by atoms with E-state index < -0.39 is 0 Å². The molecule has 0 fully saturated rings. The van der Waals surface area contributed by atoms with Crippen LogP contribution < -0.4 is 5.32 Å². The Kier molecular flexibility index (Phi) is 5.28. The molecule has 0 aliphatic carbocycles. The van der Waals surface area contributed by atoms with Gasteiger partial charge in [0.05, 0.1) is 0 Å². The lowest BCUT2D eigenvalue weighted by Gasteiger charge is -2.04. The molecule has 0 aliphatic heterocycles. The minimum absolute atomic E-state index is 0.0774. The van der Waals surface area contributed by atoms with Crippen molar-refractivity contribution in [2.24, 2.45) is 0 Å². The summed E-state index contributed by atoms with van der Waals surface area (Å²) >= 11 is 1.66. The fourth-order valence-electron chi connectivity index (χ4n) is 2.17. The highest BCUT2D eigenvalue weighted by Crippen LogP contribution is 2.19. The number of nitrogens with one attached hydrogen (secondary N) is 1. The van der Waals surface area contributed by atoms with E-state index in [-0.39, 0.29) is 5.91 Å². The molecular weight excluding hydrogens is 322 g/mol. The Labute approximate surface area is 144 Å². The maximum Gasteiger partial charge on any atom is 0.247 e. The number of amides is 1. The van der Waals surface area contributed by atoms with Gasteiger partial charge in [0.1, 0.15) is 0 Å². The van der Waals surface area contributed by atoms with Gasteiger partial charge in [0, 0.05) is 29.0 Å². The molecule has 2 aromatic carbocycles. The molecule has 3 aromatic rings. The van der Waals surface area contributed by atoms with Crippen LogP contribution in [0.2, 0.25) is 0 Å². The first kappa shape index (κ1) is 16.3. The predicted octanol–water partition coefficient (Wildman–Crippen LogP) is 4.03. The second kappa shape index (κ2) is 7.79. The maximum absolute atomic E-state index is 12.0. The zero-order valence-electron chi connectivity index (χ0n) is 13.2. The van der Waals surface area contributed by atoms with Crippen LogP contribution in [-0.2, 0) is 11.2 Å². The van der Waals surface area contributed by atoms with E-state index in [0.717, 1.165) is 16.1 Å². The molecule has 0 aliphatic rings. The van der Waals surface area contributed by atoms with Crippen molar-refractivity contribution in [2.45, 2.75) is 17.7 Å². The van der Waals surface area contributed by atoms with Crippen LogP contribution in [0, 0.1) is 0 Å². The van der Waals surface area contributed by atoms with E-state index in [9.17, 15) is 4.79 Å². The Morgan fingerprint density at radius 3 is 2.54 bits per heavy atom. The molecule has 0 bridgehead atoms. The molecule has 24 heavy (non-hydrogen) atoms. The van der Waals surface area contributed by atoms with Crippen LogP contribution in [0.25, 0.3) is 11.5 Å². The van der Waals surface area contributed by atoms with Crippen LogP contribution >= 0.6 is 11.8 Å². The van der Waals surface area contributed by atoms with Gasteiger partial charge in [0.25, 0.3) is 0 Å². The first-order valence-electron chi connectivity index (χ1n) is 7.56. The third kappa shape index (κ3) is 4.23. The van der Waals surface area contributed by atoms with Crippen molar-refractivity contribution >= 4 is 23.4 Å². The monoisotopic (exact) mass is 339 g/mol. The van der Waals surface area contributed by atoms with E-state index in [2.05, 4.69) is 15.5 Å². The van der Waals surface area contributed by atoms with E-state index in [4.69, 9.17) is 4.42 Å². The van der Waals surface area contributed by atoms with Gasteiger partial charge in [-0.15, -0.1) is 22.0 Å². The topological polar surface area (TPSA) is 68.0 Å². The second-order valence-electron chi connectivity index (χ2n) is 5.14. The molecule has 1 N–H and O–H groups in total. The van der Waals surface area contributed by atoms with Crippen LogP contribution in [-0.4, -0.2) is 22.4 Å². The van der Waals surface area contributed by atoms with Gasteiger partial charge in [0.15, 0.2) is 0 Å². The van der Waals surface area contributed by atoms with Crippen LogP contribution in [0.15, 0.2) is 63.9 Å². The fraction of sp³-hybridized carbons (Fsp3) is 0.167. The number of nitrogens with zero attached hydrogens (tertiary/aromatic N) is 2. The number of rotatable bonds is 6. The number of hydrogen-bond acceptors (Lipinski definition) is 5. The summed E-state index contributed by atoms with van der Waals surface area (Å²) < 4.78 is 5.60. The van der Waals surface area contributed by atoms with Crippen molar-refractivity contribution in [1.82, 2.24) is 10.2 Å². The average Bonchev–Trinajstić information content (AvgIpc) is 3.10. The summed E-state index contributed by atoms with van der Waals surface area (Å²) in [6.45, 7) is 0. The second-order valence-corrected chi connectivity index (χ2v) is 6.02. The molecule has 0 unspecified atom stereocenters. The summed E-state index contributed by atoms with van der Waals surface area (Å²) in [7, 11) is 0. The van der Waals surface area contributed by atoms with Crippen molar-refractivity contribution in [3.05, 3.63) is 60.5 Å². The predicted molar refractivity (Wildman–Crippen MR) is 94.9 cm³/mol. The Hall–Kier alpha value is -2.60. The Morgan fingerprint density at radius 1 is 1.08 bits per heavy atom. The normalized spacial score (nSPS) is 10.5. The van der Waals surface area contributed by atoms with Gasteiger partial charge in [-0.05, 0) is 42.7 Å². The van der Waals surface area contributed by atoms with E-state index >= 15 is 0 Å². The van der Waals surface area contributed by atoms with Crippen LogP contribution in [0.5, 0.6) is 0 Å². The van der Waals surface area contributed by atoms with Crippen LogP contribution in [0.1, 0.15) is 12.3 Å². The Bertz CT molecular complexity index is 801. The molecule has 6 heteroatoms. The SMILES string of the molecule is CSc1ccc(NC(=O)CCc2nnc(-c3ccccc3)o2)cc1. The Morgan fingerprint density at radius 2 is 1.83 bits per heavy atom. The number of anilines is 1. The lowest BCUT2D eigenvalue weighted by molar-refractivity contribution is -0.116. The number of thioether (sulfide) groups is 1. The molecule has 1 amide bonds. The van der Waals surface area contributed by atoms with Crippen molar-refractivity contribution in [3.8, 4) is 11.5 Å². The molecule has 0 radical (unpaired) electrons. The standard InChI is InChI=1S/C18H17N3O2S/c1-24-15-9-7-14(8-10-15)19-16(22)11-12-17-20-21-18(23-17)13-5-3-2-4-6-13/h2-10H,11-12H2,1H3,(H,19,22). The third-order valence-electron chi connectivity index (χ3n) is 3.43. The summed E-state index contributed by atoms with van der Waals surface area (Å²) in [5, 5.41) is 10.9. The van der Waals surface area contributed by atoms with Gasteiger partial charge in [0.2, 0.25) is 17.7 Å². The molecule has 0 saturated heterocycles. The number of carbonyl (C=O) groups is 1. The van der Waals surface area contributed by atoms with Gasteiger partial charge < -0.3 is 9.73 Å². The number of benzene rings is 2. The van der Waals surface area contributed by atoms with E-state index in [1.54, 1.807) is 11.8 Å². The molecule has 5 nitrogen and oxygen atoms in total. The summed E-state index contributed by atoms with van der Waals surface area (Å²) in [5.41, 5.74) is 1.66. The lowest BCUT2D eigenvalue weighted by atomic mass is 10.2. The minimum Gasteiger partial charge on any atom is -0.421 e. The zero-order valence-corrected chi connectivity index (χ0v) is 14.0. The first-order chi connectivity index (χ1) is 11.7. The Balaban J connectivity index is 1.53. The van der Waals surface area contributed by atoms with Gasteiger partial charge in [-0.2, -0.15) is 0 Å². The highest BCUT2D eigenvalue weighted by Gasteiger charge is 2.10. The lowest BCUT2D eigenvalue weighted by Crippen LogP contribution is -2.12. The summed E-state index contributed by atoms with van der Waals surface area (Å²) in [6, 6.07) is 17.3. The van der Waals surface area contributed by atoms with Crippen molar-refractivity contribution < 1.29 is 9.21 Å². The molecule has 0 saturated carbocycles. The highest BCUT2D eigenvalue weighted by atomic mass is 32.2. The number of aromatic nitrogens is 2. The van der Waals surface area contributed by atoms with Gasteiger partial charge >= 0.3 is 0 Å². The molecule has 0 spiro atoms. The van der Waals surface area contributed by atoms with Crippen molar-refractivity contribution in [1.29, 1.82) is 0 Å². The number of carbonyl (C=O) groups excluding carboxylic acids is 1. The van der Waals surface area contributed by atoms with Gasteiger partial charge in [-0.1, -0.05) is 18.2 Å². The minimum atomic E-state index is -0.0774. The van der Waals surface area contributed by atoms with Gasteiger partial charge in [-0.25, -0.2) is 0 Å². The summed E-state index contributed by atoms with van der Waals surface area (Å²) in [5.74, 6) is 0.853. The number of aryl methyl sites for hydroxylation is 1. The first-order valence-corrected chi connectivity index (χ1v) is 8.79.